The zero-order chi connectivity index (χ0) is 16.6. The Morgan fingerprint density at radius 2 is 2.00 bits per heavy atom. The minimum absolute atomic E-state index is 0.0417. The normalized spacial score (nSPS) is 16.0. The van der Waals surface area contributed by atoms with Crippen LogP contribution in [0.2, 0.25) is 5.02 Å². The van der Waals surface area contributed by atoms with Gasteiger partial charge in [-0.25, -0.2) is 9.18 Å². The average Bonchev–Trinajstić information content (AvgIpc) is 2.89. The van der Waals surface area contributed by atoms with E-state index < -0.39 is 17.7 Å². The molecule has 2 aromatic carbocycles. The van der Waals surface area contributed by atoms with Crippen LogP contribution in [0.1, 0.15) is 44.3 Å². The Bertz CT molecular complexity index is 806. The van der Waals surface area contributed by atoms with Crippen LogP contribution in [0.25, 0.3) is 0 Å². The van der Waals surface area contributed by atoms with Gasteiger partial charge in [0.1, 0.15) is 5.82 Å². The number of hydrogen-bond acceptors (Lipinski definition) is 2. The molecule has 0 aliphatic heterocycles. The second-order valence-electron chi connectivity index (χ2n) is 5.41. The topological polar surface area (TPSA) is 66.4 Å². The predicted molar refractivity (Wildman–Crippen MR) is 83.3 cm³/mol. The molecule has 0 spiro atoms. The van der Waals surface area contributed by atoms with Crippen molar-refractivity contribution in [2.45, 2.75) is 18.9 Å². The SMILES string of the molecule is O=C(O)c1ccc2c(c1)C(NC(=O)c1ccc(F)cc1Cl)CC2. The molecule has 0 saturated heterocycles. The quantitative estimate of drug-likeness (QED) is 0.902. The molecule has 1 amide bonds. The smallest absolute Gasteiger partial charge is 0.335 e. The fourth-order valence-electron chi connectivity index (χ4n) is 2.79. The van der Waals surface area contributed by atoms with Gasteiger partial charge in [0.2, 0.25) is 0 Å². The van der Waals surface area contributed by atoms with Gasteiger partial charge in [0.25, 0.3) is 5.91 Å². The molecule has 0 radical (unpaired) electrons. The van der Waals surface area contributed by atoms with Gasteiger partial charge in [0.15, 0.2) is 0 Å². The third-order valence-corrected chi connectivity index (χ3v) is 4.26. The van der Waals surface area contributed by atoms with Crippen LogP contribution < -0.4 is 5.32 Å². The number of hydrogen-bond donors (Lipinski definition) is 2. The van der Waals surface area contributed by atoms with Gasteiger partial charge in [-0.2, -0.15) is 0 Å². The summed E-state index contributed by atoms with van der Waals surface area (Å²) in [6.45, 7) is 0. The number of carboxylic acid groups (broad SMARTS) is 1. The number of amides is 1. The molecule has 1 atom stereocenters. The molecule has 0 aromatic heterocycles. The third kappa shape index (κ3) is 3.05. The highest BCUT2D eigenvalue weighted by molar-refractivity contribution is 6.33. The van der Waals surface area contributed by atoms with E-state index in [-0.39, 0.29) is 22.2 Å². The summed E-state index contributed by atoms with van der Waals surface area (Å²) >= 11 is 5.90. The van der Waals surface area contributed by atoms with Crippen LogP contribution in [0.15, 0.2) is 36.4 Å². The third-order valence-electron chi connectivity index (χ3n) is 3.95. The highest BCUT2D eigenvalue weighted by atomic mass is 35.5. The summed E-state index contributed by atoms with van der Waals surface area (Å²) < 4.78 is 13.1. The molecule has 0 fully saturated rings. The maximum absolute atomic E-state index is 13.1. The molecular weight excluding hydrogens is 321 g/mol. The Morgan fingerprint density at radius 1 is 1.22 bits per heavy atom. The second-order valence-corrected chi connectivity index (χ2v) is 5.81. The van der Waals surface area contributed by atoms with Crippen LogP contribution in [-0.2, 0) is 6.42 Å². The lowest BCUT2D eigenvalue weighted by atomic mass is 10.0. The van der Waals surface area contributed by atoms with Crippen molar-refractivity contribution in [3.05, 3.63) is 69.5 Å². The summed E-state index contributed by atoms with van der Waals surface area (Å²) in [6.07, 6.45) is 1.44. The standard InChI is InChI=1S/C17H13ClFNO3/c18-14-8-11(19)4-5-12(14)16(21)20-15-6-3-9-1-2-10(17(22)23)7-13(9)15/h1-2,4-5,7-8,15H,3,6H2,(H,20,21)(H,22,23). The lowest BCUT2D eigenvalue weighted by Crippen LogP contribution is -2.27. The number of rotatable bonds is 3. The Labute approximate surface area is 136 Å². The number of carboxylic acids is 1. The molecule has 1 aliphatic carbocycles. The van der Waals surface area contributed by atoms with E-state index in [4.69, 9.17) is 16.7 Å². The lowest BCUT2D eigenvalue weighted by molar-refractivity contribution is 0.0696. The summed E-state index contributed by atoms with van der Waals surface area (Å²) in [5.74, 6) is -1.93. The van der Waals surface area contributed by atoms with Crippen LogP contribution in [0.3, 0.4) is 0 Å². The average molecular weight is 334 g/mol. The zero-order valence-electron chi connectivity index (χ0n) is 12.0. The number of fused-ring (bicyclic) bond motifs is 1. The molecule has 0 bridgehead atoms. The molecule has 4 nitrogen and oxygen atoms in total. The van der Waals surface area contributed by atoms with E-state index in [1.54, 1.807) is 18.2 Å². The van der Waals surface area contributed by atoms with Crippen molar-refractivity contribution in [2.24, 2.45) is 0 Å². The molecule has 1 unspecified atom stereocenters. The monoisotopic (exact) mass is 333 g/mol. The first-order valence-corrected chi connectivity index (χ1v) is 7.45. The highest BCUT2D eigenvalue weighted by Gasteiger charge is 2.26. The highest BCUT2D eigenvalue weighted by Crippen LogP contribution is 2.32. The van der Waals surface area contributed by atoms with E-state index in [1.807, 2.05) is 0 Å². The Hall–Kier alpha value is -2.40. The van der Waals surface area contributed by atoms with E-state index in [0.717, 1.165) is 23.6 Å². The summed E-state index contributed by atoms with van der Waals surface area (Å²) in [7, 11) is 0. The Kier molecular flexibility index (Phi) is 4.05. The van der Waals surface area contributed by atoms with Crippen molar-refractivity contribution in [2.75, 3.05) is 0 Å². The molecule has 2 aromatic rings. The van der Waals surface area contributed by atoms with Gasteiger partial charge in [0, 0.05) is 0 Å². The Morgan fingerprint density at radius 3 is 2.70 bits per heavy atom. The van der Waals surface area contributed by atoms with Crippen molar-refractivity contribution < 1.29 is 19.1 Å². The maximum atomic E-state index is 13.1. The summed E-state index contributed by atoms with van der Waals surface area (Å²) in [4.78, 5) is 23.4. The number of halogens is 2. The number of nitrogens with one attached hydrogen (secondary N) is 1. The van der Waals surface area contributed by atoms with E-state index in [9.17, 15) is 14.0 Å². The van der Waals surface area contributed by atoms with Crippen molar-refractivity contribution in [3.63, 3.8) is 0 Å². The number of benzene rings is 2. The fourth-order valence-corrected chi connectivity index (χ4v) is 3.05. The molecule has 6 heteroatoms. The van der Waals surface area contributed by atoms with E-state index in [0.29, 0.717) is 6.42 Å². The molecule has 2 N–H and O–H groups in total. The summed E-state index contributed by atoms with van der Waals surface area (Å²) in [5.41, 5.74) is 2.20. The van der Waals surface area contributed by atoms with Crippen LogP contribution in [0, 0.1) is 5.82 Å². The van der Waals surface area contributed by atoms with Gasteiger partial charge in [0.05, 0.1) is 22.2 Å². The molecule has 1 aliphatic rings. The number of carbonyl (C=O) groups excluding carboxylic acids is 1. The molecule has 118 valence electrons. The van der Waals surface area contributed by atoms with Crippen molar-refractivity contribution in [3.8, 4) is 0 Å². The minimum atomic E-state index is -1.01. The zero-order valence-corrected chi connectivity index (χ0v) is 12.7. The van der Waals surface area contributed by atoms with E-state index in [2.05, 4.69) is 5.32 Å². The van der Waals surface area contributed by atoms with Crippen molar-refractivity contribution in [1.82, 2.24) is 5.32 Å². The van der Waals surface area contributed by atoms with Crippen molar-refractivity contribution >= 4 is 23.5 Å². The van der Waals surface area contributed by atoms with E-state index >= 15 is 0 Å². The van der Waals surface area contributed by atoms with Crippen LogP contribution in [-0.4, -0.2) is 17.0 Å². The van der Waals surface area contributed by atoms with Gasteiger partial charge in [-0.3, -0.25) is 4.79 Å². The number of aromatic carboxylic acids is 1. The van der Waals surface area contributed by atoms with Crippen molar-refractivity contribution in [1.29, 1.82) is 0 Å². The second kappa shape index (κ2) is 6.01. The molecule has 3 rings (SSSR count). The fraction of sp³-hybridized carbons (Fsp3) is 0.176. The van der Waals surface area contributed by atoms with E-state index in [1.165, 1.54) is 12.1 Å². The predicted octanol–water partition coefficient (Wildman–Crippen LogP) is 3.59. The molecule has 0 saturated carbocycles. The number of carbonyl (C=O) groups is 2. The molecule has 0 heterocycles. The summed E-state index contributed by atoms with van der Waals surface area (Å²) in [5, 5.41) is 12.0. The number of aryl methyl sites for hydroxylation is 1. The van der Waals surface area contributed by atoms with Gasteiger partial charge in [-0.05, 0) is 54.3 Å². The lowest BCUT2D eigenvalue weighted by Gasteiger charge is -2.15. The Balaban J connectivity index is 1.84. The molecule has 23 heavy (non-hydrogen) atoms. The van der Waals surface area contributed by atoms with Gasteiger partial charge in [-0.1, -0.05) is 17.7 Å². The van der Waals surface area contributed by atoms with Gasteiger partial charge in [-0.15, -0.1) is 0 Å². The van der Waals surface area contributed by atoms with Crippen LogP contribution in [0.5, 0.6) is 0 Å². The minimum Gasteiger partial charge on any atom is -0.478 e. The first kappa shape index (κ1) is 15.5. The largest absolute Gasteiger partial charge is 0.478 e. The van der Waals surface area contributed by atoms with Crippen LogP contribution >= 0.6 is 11.6 Å². The maximum Gasteiger partial charge on any atom is 0.335 e. The first-order chi connectivity index (χ1) is 11.0. The first-order valence-electron chi connectivity index (χ1n) is 7.08. The molecular formula is C17H13ClFNO3. The summed E-state index contributed by atoms with van der Waals surface area (Å²) in [6, 6.07) is 8.22. The van der Waals surface area contributed by atoms with Gasteiger partial charge >= 0.3 is 5.97 Å². The van der Waals surface area contributed by atoms with Gasteiger partial charge < -0.3 is 10.4 Å². The van der Waals surface area contributed by atoms with Crippen LogP contribution in [0.4, 0.5) is 4.39 Å².